The van der Waals surface area contributed by atoms with Gasteiger partial charge in [0.2, 0.25) is 5.75 Å². The van der Waals surface area contributed by atoms with Gasteiger partial charge in [-0.25, -0.2) is 0 Å². The van der Waals surface area contributed by atoms with Crippen molar-refractivity contribution in [1.82, 2.24) is 5.32 Å². The van der Waals surface area contributed by atoms with E-state index in [1.54, 1.807) is 6.92 Å². The highest BCUT2D eigenvalue weighted by atomic mass is 16.6. The number of para-hydroxylation sites is 1. The maximum Gasteiger partial charge on any atom is 0.311 e. The van der Waals surface area contributed by atoms with Crippen LogP contribution in [0.1, 0.15) is 28.9 Å². The van der Waals surface area contributed by atoms with Crippen LogP contribution in [0.25, 0.3) is 0 Å². The van der Waals surface area contributed by atoms with E-state index in [-0.39, 0.29) is 11.6 Å². The van der Waals surface area contributed by atoms with Crippen molar-refractivity contribution in [2.24, 2.45) is 0 Å². The molecule has 21 heavy (non-hydrogen) atoms. The minimum Gasteiger partial charge on any atom is -0.502 e. The van der Waals surface area contributed by atoms with Crippen LogP contribution in [0.2, 0.25) is 0 Å². The molecule has 0 saturated heterocycles. The maximum atomic E-state index is 12.1. The van der Waals surface area contributed by atoms with Crippen molar-refractivity contribution in [3.63, 3.8) is 0 Å². The van der Waals surface area contributed by atoms with Crippen molar-refractivity contribution in [3.05, 3.63) is 69.8 Å². The van der Waals surface area contributed by atoms with E-state index < -0.39 is 22.3 Å². The normalized spacial score (nSPS) is 11.7. The fourth-order valence-corrected chi connectivity index (χ4v) is 1.96. The first-order valence-electron chi connectivity index (χ1n) is 6.33. The topological polar surface area (TPSA) is 92.5 Å². The van der Waals surface area contributed by atoms with E-state index in [9.17, 15) is 20.0 Å². The van der Waals surface area contributed by atoms with Gasteiger partial charge in [-0.1, -0.05) is 36.4 Å². The van der Waals surface area contributed by atoms with E-state index in [0.717, 1.165) is 11.6 Å². The summed E-state index contributed by atoms with van der Waals surface area (Å²) in [6, 6.07) is 12.9. The molecule has 0 spiro atoms. The van der Waals surface area contributed by atoms with Gasteiger partial charge in [0, 0.05) is 6.07 Å². The van der Waals surface area contributed by atoms with Crippen molar-refractivity contribution >= 4 is 11.6 Å². The van der Waals surface area contributed by atoms with Gasteiger partial charge in [-0.3, -0.25) is 14.9 Å². The lowest BCUT2D eigenvalue weighted by Gasteiger charge is -2.14. The van der Waals surface area contributed by atoms with Crippen LogP contribution >= 0.6 is 0 Å². The molecule has 0 fully saturated rings. The smallest absolute Gasteiger partial charge is 0.311 e. The van der Waals surface area contributed by atoms with Crippen LogP contribution in [-0.2, 0) is 0 Å². The first kappa shape index (κ1) is 14.5. The molecule has 0 heterocycles. The molecule has 1 unspecified atom stereocenters. The van der Waals surface area contributed by atoms with Gasteiger partial charge in [0.05, 0.1) is 16.5 Å². The number of benzene rings is 2. The highest BCUT2D eigenvalue weighted by Crippen LogP contribution is 2.29. The Morgan fingerprint density at radius 3 is 2.48 bits per heavy atom. The Balaban J connectivity index is 2.22. The van der Waals surface area contributed by atoms with E-state index in [1.807, 2.05) is 30.3 Å². The fraction of sp³-hybridized carbons (Fsp3) is 0.133. The number of aromatic hydroxyl groups is 1. The summed E-state index contributed by atoms with van der Waals surface area (Å²) in [6.45, 7) is 1.79. The van der Waals surface area contributed by atoms with Crippen LogP contribution in [0.4, 0.5) is 5.69 Å². The van der Waals surface area contributed by atoms with Crippen molar-refractivity contribution in [2.75, 3.05) is 0 Å². The number of hydrogen-bond acceptors (Lipinski definition) is 4. The van der Waals surface area contributed by atoms with Gasteiger partial charge in [0.1, 0.15) is 0 Å². The average molecular weight is 286 g/mol. The van der Waals surface area contributed by atoms with Crippen LogP contribution in [0.15, 0.2) is 48.5 Å². The summed E-state index contributed by atoms with van der Waals surface area (Å²) < 4.78 is 0. The van der Waals surface area contributed by atoms with Crippen LogP contribution in [0.5, 0.6) is 5.75 Å². The number of carbonyl (C=O) groups excluding carboxylic acids is 1. The molecule has 2 N–H and O–H groups in total. The molecule has 1 amide bonds. The Labute approximate surface area is 121 Å². The van der Waals surface area contributed by atoms with E-state index in [4.69, 9.17) is 0 Å². The van der Waals surface area contributed by atoms with Gasteiger partial charge >= 0.3 is 5.69 Å². The Morgan fingerprint density at radius 1 is 1.19 bits per heavy atom. The molecular weight excluding hydrogens is 272 g/mol. The minimum atomic E-state index is -0.729. The second-order valence-electron chi connectivity index (χ2n) is 4.54. The highest BCUT2D eigenvalue weighted by Gasteiger charge is 2.21. The number of nitro benzene ring substituents is 1. The van der Waals surface area contributed by atoms with Crippen molar-refractivity contribution in [3.8, 4) is 5.75 Å². The first-order valence-corrected chi connectivity index (χ1v) is 6.33. The summed E-state index contributed by atoms with van der Waals surface area (Å²) in [4.78, 5) is 22.2. The lowest BCUT2D eigenvalue weighted by Crippen LogP contribution is -2.26. The van der Waals surface area contributed by atoms with Gasteiger partial charge < -0.3 is 10.4 Å². The third-order valence-corrected chi connectivity index (χ3v) is 3.10. The molecular formula is C15H14N2O4. The third-order valence-electron chi connectivity index (χ3n) is 3.10. The summed E-state index contributed by atoms with van der Waals surface area (Å²) in [7, 11) is 0. The van der Waals surface area contributed by atoms with Crippen LogP contribution in [0, 0.1) is 10.1 Å². The number of rotatable bonds is 4. The maximum absolute atomic E-state index is 12.1. The fourth-order valence-electron chi connectivity index (χ4n) is 1.96. The number of nitrogens with one attached hydrogen (secondary N) is 1. The number of amides is 1. The minimum absolute atomic E-state index is 0.119. The molecule has 0 radical (unpaired) electrons. The molecule has 108 valence electrons. The molecule has 2 aromatic carbocycles. The van der Waals surface area contributed by atoms with Crippen LogP contribution in [-0.4, -0.2) is 15.9 Å². The van der Waals surface area contributed by atoms with E-state index in [0.29, 0.717) is 0 Å². The summed E-state index contributed by atoms with van der Waals surface area (Å²) in [5, 5.41) is 23.3. The Bertz CT molecular complexity index is 671. The number of phenolic OH excluding ortho intramolecular Hbond substituents is 1. The monoisotopic (exact) mass is 286 g/mol. The van der Waals surface area contributed by atoms with E-state index >= 15 is 0 Å². The van der Waals surface area contributed by atoms with E-state index in [2.05, 4.69) is 5.32 Å². The van der Waals surface area contributed by atoms with Crippen molar-refractivity contribution < 1.29 is 14.8 Å². The quantitative estimate of drug-likeness (QED) is 0.667. The highest BCUT2D eigenvalue weighted by molar-refractivity contribution is 5.98. The van der Waals surface area contributed by atoms with Crippen molar-refractivity contribution in [2.45, 2.75) is 13.0 Å². The lowest BCUT2D eigenvalue weighted by molar-refractivity contribution is -0.385. The molecule has 0 aliphatic rings. The number of nitrogens with zero attached hydrogens (tertiary/aromatic N) is 1. The second-order valence-corrected chi connectivity index (χ2v) is 4.54. The zero-order valence-corrected chi connectivity index (χ0v) is 11.3. The number of hydrogen-bond donors (Lipinski definition) is 2. The van der Waals surface area contributed by atoms with Gasteiger partial charge in [-0.15, -0.1) is 0 Å². The predicted octanol–water partition coefficient (Wildman–Crippen LogP) is 2.79. The Hall–Kier alpha value is -2.89. The third kappa shape index (κ3) is 3.17. The van der Waals surface area contributed by atoms with E-state index in [1.165, 1.54) is 12.1 Å². The van der Waals surface area contributed by atoms with Gasteiger partial charge in [0.15, 0.2) is 0 Å². The average Bonchev–Trinajstić information content (AvgIpc) is 2.47. The van der Waals surface area contributed by atoms with Crippen LogP contribution < -0.4 is 5.32 Å². The molecule has 2 aromatic rings. The molecule has 2 rings (SSSR count). The zero-order valence-electron chi connectivity index (χ0n) is 11.3. The molecule has 0 aromatic heterocycles. The number of nitro groups is 1. The first-order chi connectivity index (χ1) is 10.0. The largest absolute Gasteiger partial charge is 0.502 e. The summed E-state index contributed by atoms with van der Waals surface area (Å²) in [6.07, 6.45) is 0. The summed E-state index contributed by atoms with van der Waals surface area (Å²) in [5.41, 5.74) is 0.290. The van der Waals surface area contributed by atoms with Crippen molar-refractivity contribution in [1.29, 1.82) is 0 Å². The Morgan fingerprint density at radius 2 is 1.86 bits per heavy atom. The van der Waals surface area contributed by atoms with Gasteiger partial charge in [-0.05, 0) is 18.6 Å². The zero-order chi connectivity index (χ0) is 15.4. The standard InChI is InChI=1S/C15H14N2O4/c1-10(11-6-3-2-4-7-11)16-15(19)12-8-5-9-13(14(12)18)17(20)21/h2-10,18H,1H3,(H,16,19). The molecule has 0 aliphatic carbocycles. The Kier molecular flexibility index (Phi) is 4.18. The lowest BCUT2D eigenvalue weighted by atomic mass is 10.1. The number of phenols is 1. The summed E-state index contributed by atoms with van der Waals surface area (Å²) >= 11 is 0. The predicted molar refractivity (Wildman–Crippen MR) is 77.1 cm³/mol. The molecule has 0 aliphatic heterocycles. The number of carbonyl (C=O) groups is 1. The SMILES string of the molecule is CC(NC(=O)c1cccc([N+](=O)[O-])c1O)c1ccccc1. The summed E-state index contributed by atoms with van der Waals surface area (Å²) in [5.74, 6) is -1.19. The molecule has 6 heteroatoms. The molecule has 0 bridgehead atoms. The molecule has 6 nitrogen and oxygen atoms in total. The molecule has 1 atom stereocenters. The van der Waals surface area contributed by atoms with Gasteiger partial charge in [-0.2, -0.15) is 0 Å². The molecule has 0 saturated carbocycles. The van der Waals surface area contributed by atoms with Crippen LogP contribution in [0.3, 0.4) is 0 Å². The second kappa shape index (κ2) is 6.04. The van der Waals surface area contributed by atoms with Gasteiger partial charge in [0.25, 0.3) is 5.91 Å².